The Hall–Kier alpha value is -3.62. The van der Waals surface area contributed by atoms with Crippen LogP contribution in [0.1, 0.15) is 32.1 Å². The number of hydrogen-bond donors (Lipinski definition) is 1. The summed E-state index contributed by atoms with van der Waals surface area (Å²) in [5, 5.41) is 10.6. The second kappa shape index (κ2) is 9.36. The number of para-hydroxylation sites is 2. The molecular formula is C19H22N4O5. The van der Waals surface area contributed by atoms with Gasteiger partial charge in [0.05, 0.1) is 33.2 Å². The number of esters is 2. The second-order valence-corrected chi connectivity index (χ2v) is 5.64. The summed E-state index contributed by atoms with van der Waals surface area (Å²) in [7, 11) is 4.29. The molecule has 9 nitrogen and oxygen atoms in total. The minimum Gasteiger partial charge on any atom is -0.494 e. The van der Waals surface area contributed by atoms with Crippen LogP contribution >= 0.6 is 0 Å². The maximum Gasteiger partial charge on any atom is 0.341 e. The van der Waals surface area contributed by atoms with Crippen LogP contribution in [0.3, 0.4) is 0 Å². The summed E-state index contributed by atoms with van der Waals surface area (Å²) in [5.41, 5.74) is 3.06. The van der Waals surface area contributed by atoms with Crippen molar-refractivity contribution in [1.82, 2.24) is 20.0 Å². The third-order valence-electron chi connectivity index (χ3n) is 3.87. The van der Waals surface area contributed by atoms with Crippen LogP contribution in [0.4, 0.5) is 0 Å². The largest absolute Gasteiger partial charge is 0.494 e. The van der Waals surface area contributed by atoms with Gasteiger partial charge in [0.15, 0.2) is 0 Å². The van der Waals surface area contributed by atoms with E-state index in [9.17, 15) is 9.59 Å². The number of rotatable bonds is 4. The molecule has 2 aromatic heterocycles. The standard InChI is InChI=1S/C13H14N2O3.C6H8N2O2/c1-9-10(13(16)18-3)8-15(14-9)11-6-4-5-7-12(11)17-2;1-4-5(3-7-8-4)6(9)10-2/h4-8H,1-3H3;3H,1-2H3,(H,7,8). The Balaban J connectivity index is 0.000000237. The number of carbonyl (C=O) groups excluding carboxylic acids is 2. The van der Waals surface area contributed by atoms with Crippen LogP contribution < -0.4 is 4.74 Å². The number of methoxy groups -OCH3 is 3. The first-order chi connectivity index (χ1) is 13.4. The number of hydrogen-bond acceptors (Lipinski definition) is 7. The van der Waals surface area contributed by atoms with Crippen LogP contribution in [0.5, 0.6) is 5.75 Å². The molecule has 0 unspecified atom stereocenters. The summed E-state index contributed by atoms with van der Waals surface area (Å²) in [6, 6.07) is 7.46. The van der Waals surface area contributed by atoms with Crippen molar-refractivity contribution in [3.05, 3.63) is 59.2 Å². The molecule has 0 aliphatic heterocycles. The van der Waals surface area contributed by atoms with E-state index in [-0.39, 0.29) is 5.97 Å². The van der Waals surface area contributed by atoms with Gasteiger partial charge in [-0.1, -0.05) is 12.1 Å². The molecule has 0 atom stereocenters. The summed E-state index contributed by atoms with van der Waals surface area (Å²) in [6.07, 6.45) is 3.08. The van der Waals surface area contributed by atoms with E-state index in [1.165, 1.54) is 20.4 Å². The van der Waals surface area contributed by atoms with Gasteiger partial charge in [-0.2, -0.15) is 10.2 Å². The van der Waals surface area contributed by atoms with Gasteiger partial charge in [-0.25, -0.2) is 14.3 Å². The van der Waals surface area contributed by atoms with E-state index in [1.807, 2.05) is 24.3 Å². The first-order valence-electron chi connectivity index (χ1n) is 8.29. The van der Waals surface area contributed by atoms with Crippen LogP contribution in [0.15, 0.2) is 36.7 Å². The quantitative estimate of drug-likeness (QED) is 0.686. The average molecular weight is 386 g/mol. The Bertz CT molecular complexity index is 961. The lowest BCUT2D eigenvalue weighted by Crippen LogP contribution is -2.01. The minimum atomic E-state index is -0.395. The SMILES string of the molecule is COC(=O)c1cn(-c2ccccc2OC)nc1C.COC(=O)c1cn[nH]c1C. The lowest BCUT2D eigenvalue weighted by atomic mass is 10.2. The summed E-state index contributed by atoms with van der Waals surface area (Å²) < 4.78 is 16.0. The number of nitrogens with one attached hydrogen (secondary N) is 1. The number of benzene rings is 1. The highest BCUT2D eigenvalue weighted by Gasteiger charge is 2.15. The van der Waals surface area contributed by atoms with Gasteiger partial charge in [-0.3, -0.25) is 5.10 Å². The molecule has 2 heterocycles. The van der Waals surface area contributed by atoms with E-state index < -0.39 is 5.97 Å². The highest BCUT2D eigenvalue weighted by atomic mass is 16.5. The molecule has 1 aromatic carbocycles. The Morgan fingerprint density at radius 1 is 1.00 bits per heavy atom. The zero-order valence-electron chi connectivity index (χ0n) is 16.3. The zero-order chi connectivity index (χ0) is 20.7. The van der Waals surface area contributed by atoms with E-state index in [4.69, 9.17) is 9.47 Å². The molecule has 148 valence electrons. The lowest BCUT2D eigenvalue weighted by Gasteiger charge is -2.07. The molecule has 0 aliphatic carbocycles. The molecule has 3 rings (SSSR count). The van der Waals surface area contributed by atoms with Crippen LogP contribution in [0.25, 0.3) is 5.69 Å². The molecule has 3 aromatic rings. The fourth-order valence-electron chi connectivity index (χ4n) is 2.38. The minimum absolute atomic E-state index is 0.355. The molecule has 0 spiro atoms. The molecule has 28 heavy (non-hydrogen) atoms. The third-order valence-corrected chi connectivity index (χ3v) is 3.87. The Kier molecular flexibility index (Phi) is 6.91. The highest BCUT2D eigenvalue weighted by Crippen LogP contribution is 2.22. The molecular weight excluding hydrogens is 364 g/mol. The molecule has 0 bridgehead atoms. The molecule has 1 N–H and O–H groups in total. The molecule has 9 heteroatoms. The van der Waals surface area contributed by atoms with Crippen molar-refractivity contribution in [3.63, 3.8) is 0 Å². The van der Waals surface area contributed by atoms with Gasteiger partial charge in [0.2, 0.25) is 0 Å². The van der Waals surface area contributed by atoms with Gasteiger partial charge in [0.1, 0.15) is 22.6 Å². The highest BCUT2D eigenvalue weighted by molar-refractivity contribution is 5.90. The molecule has 0 amide bonds. The van der Waals surface area contributed by atoms with Crippen molar-refractivity contribution in [1.29, 1.82) is 0 Å². The lowest BCUT2D eigenvalue weighted by molar-refractivity contribution is 0.0591. The van der Waals surface area contributed by atoms with Crippen molar-refractivity contribution < 1.29 is 23.8 Å². The van der Waals surface area contributed by atoms with Crippen LogP contribution in [0, 0.1) is 13.8 Å². The zero-order valence-corrected chi connectivity index (χ0v) is 16.3. The van der Waals surface area contributed by atoms with Gasteiger partial charge < -0.3 is 14.2 Å². The van der Waals surface area contributed by atoms with E-state index in [0.29, 0.717) is 22.6 Å². The van der Waals surface area contributed by atoms with Crippen LogP contribution in [-0.2, 0) is 9.47 Å². The Morgan fingerprint density at radius 3 is 2.21 bits per heavy atom. The van der Waals surface area contributed by atoms with E-state index in [2.05, 4.69) is 20.0 Å². The average Bonchev–Trinajstić information content (AvgIpc) is 3.32. The summed E-state index contributed by atoms with van der Waals surface area (Å²) in [4.78, 5) is 22.3. The number of aromatic nitrogens is 4. The molecule has 0 saturated carbocycles. The first kappa shape index (κ1) is 20.7. The van der Waals surface area contributed by atoms with E-state index in [1.54, 1.807) is 31.8 Å². The van der Waals surface area contributed by atoms with Gasteiger partial charge >= 0.3 is 11.9 Å². The number of ether oxygens (including phenoxy) is 3. The van der Waals surface area contributed by atoms with Crippen molar-refractivity contribution in [2.24, 2.45) is 0 Å². The third kappa shape index (κ3) is 4.56. The maximum absolute atomic E-state index is 11.5. The molecule has 0 aliphatic rings. The Morgan fingerprint density at radius 2 is 1.64 bits per heavy atom. The van der Waals surface area contributed by atoms with Crippen molar-refractivity contribution in [2.75, 3.05) is 21.3 Å². The summed E-state index contributed by atoms with van der Waals surface area (Å²) in [5.74, 6) is -0.0590. The van der Waals surface area contributed by atoms with Crippen LogP contribution in [0.2, 0.25) is 0 Å². The second-order valence-electron chi connectivity index (χ2n) is 5.64. The van der Waals surface area contributed by atoms with Crippen molar-refractivity contribution >= 4 is 11.9 Å². The monoisotopic (exact) mass is 386 g/mol. The number of H-pyrrole nitrogens is 1. The predicted molar refractivity (Wildman–Crippen MR) is 101 cm³/mol. The van der Waals surface area contributed by atoms with E-state index >= 15 is 0 Å². The smallest absolute Gasteiger partial charge is 0.341 e. The van der Waals surface area contributed by atoms with Gasteiger partial charge in [0, 0.05) is 11.9 Å². The number of carbonyl (C=O) groups is 2. The van der Waals surface area contributed by atoms with E-state index in [0.717, 1.165) is 11.4 Å². The number of aromatic amines is 1. The van der Waals surface area contributed by atoms with Gasteiger partial charge in [0.25, 0.3) is 0 Å². The number of nitrogens with zero attached hydrogens (tertiary/aromatic N) is 3. The summed E-state index contributed by atoms with van der Waals surface area (Å²) in [6.45, 7) is 3.53. The maximum atomic E-state index is 11.5. The normalized spacial score (nSPS) is 9.89. The molecule has 0 radical (unpaired) electrons. The van der Waals surface area contributed by atoms with Gasteiger partial charge in [-0.15, -0.1) is 0 Å². The number of aryl methyl sites for hydroxylation is 2. The Labute approximate surface area is 162 Å². The fraction of sp³-hybridized carbons (Fsp3) is 0.263. The first-order valence-corrected chi connectivity index (χ1v) is 8.29. The summed E-state index contributed by atoms with van der Waals surface area (Å²) >= 11 is 0. The predicted octanol–water partition coefficient (Wildman–Crippen LogP) is 2.48. The fourth-order valence-corrected chi connectivity index (χ4v) is 2.38. The molecule has 0 saturated heterocycles. The van der Waals surface area contributed by atoms with Crippen molar-refractivity contribution in [3.8, 4) is 11.4 Å². The molecule has 0 fully saturated rings. The van der Waals surface area contributed by atoms with Gasteiger partial charge in [-0.05, 0) is 26.0 Å². The van der Waals surface area contributed by atoms with Crippen molar-refractivity contribution in [2.45, 2.75) is 13.8 Å². The topological polar surface area (TPSA) is 108 Å². The van der Waals surface area contributed by atoms with Crippen LogP contribution in [-0.4, -0.2) is 53.2 Å².